The molecular formula is C24H16Cl3N3O3S2. The van der Waals surface area contributed by atoms with Crippen LogP contribution in [0.3, 0.4) is 0 Å². The number of nitrogens with zero attached hydrogens (tertiary/aromatic N) is 1. The standard InChI is InChI=1S/C24H16Cl3N3O3S2/c25-16-7-5-14(6-8-16)13-33-20-4-2-1-3-15(20)11-21-22(31)30(24(34)35-21)29-23(32)28-17-9-10-18(26)19(27)12-17/h1-12H,13H2,(H2,28,29,32)/b21-11+. The number of ether oxygens (including phenoxy) is 1. The number of urea groups is 1. The smallest absolute Gasteiger partial charge is 0.338 e. The van der Waals surface area contributed by atoms with Crippen molar-refractivity contribution in [1.29, 1.82) is 0 Å². The van der Waals surface area contributed by atoms with Crippen LogP contribution in [0, 0.1) is 0 Å². The van der Waals surface area contributed by atoms with Gasteiger partial charge in [-0.2, -0.15) is 5.01 Å². The molecule has 3 aromatic carbocycles. The summed E-state index contributed by atoms with van der Waals surface area (Å²) in [6, 6.07) is 18.6. The van der Waals surface area contributed by atoms with Gasteiger partial charge in [-0.25, -0.2) is 10.2 Å². The Hall–Kier alpha value is -2.75. The average molecular weight is 565 g/mol. The third-order valence-corrected chi connectivity index (χ3v) is 6.99. The molecule has 0 aromatic heterocycles. The molecule has 0 aliphatic carbocycles. The van der Waals surface area contributed by atoms with E-state index in [0.717, 1.165) is 22.3 Å². The first kappa shape index (κ1) is 25.3. The third kappa shape index (κ3) is 6.48. The van der Waals surface area contributed by atoms with Crippen molar-refractivity contribution in [3.63, 3.8) is 0 Å². The molecule has 3 amide bonds. The highest BCUT2D eigenvalue weighted by Crippen LogP contribution is 2.33. The maximum Gasteiger partial charge on any atom is 0.338 e. The molecule has 1 saturated heterocycles. The van der Waals surface area contributed by atoms with Crippen molar-refractivity contribution < 1.29 is 14.3 Å². The van der Waals surface area contributed by atoms with E-state index in [1.807, 2.05) is 36.4 Å². The van der Waals surface area contributed by atoms with Crippen molar-refractivity contribution in [2.24, 2.45) is 0 Å². The van der Waals surface area contributed by atoms with Crippen LogP contribution in [0.2, 0.25) is 15.1 Å². The van der Waals surface area contributed by atoms with Gasteiger partial charge in [0.1, 0.15) is 12.4 Å². The van der Waals surface area contributed by atoms with Crippen molar-refractivity contribution in [2.45, 2.75) is 6.61 Å². The van der Waals surface area contributed by atoms with E-state index in [-0.39, 0.29) is 9.34 Å². The lowest BCUT2D eigenvalue weighted by molar-refractivity contribution is -0.123. The van der Waals surface area contributed by atoms with E-state index < -0.39 is 11.9 Å². The van der Waals surface area contributed by atoms with Gasteiger partial charge in [-0.05, 0) is 60.3 Å². The second kappa shape index (κ2) is 11.3. The fourth-order valence-corrected chi connectivity index (χ4v) is 4.61. The van der Waals surface area contributed by atoms with Crippen LogP contribution in [0.15, 0.2) is 71.6 Å². The number of para-hydroxylation sites is 1. The van der Waals surface area contributed by atoms with Crippen LogP contribution in [0.1, 0.15) is 11.1 Å². The van der Waals surface area contributed by atoms with Crippen LogP contribution < -0.4 is 15.5 Å². The maximum absolute atomic E-state index is 12.9. The molecule has 178 valence electrons. The summed E-state index contributed by atoms with van der Waals surface area (Å²) in [5.41, 5.74) is 4.51. The molecule has 1 aliphatic rings. The van der Waals surface area contributed by atoms with E-state index in [4.69, 9.17) is 51.8 Å². The van der Waals surface area contributed by atoms with Crippen LogP contribution in [0.4, 0.5) is 10.5 Å². The molecule has 0 atom stereocenters. The van der Waals surface area contributed by atoms with Gasteiger partial charge in [0.15, 0.2) is 4.32 Å². The normalized spacial score (nSPS) is 14.4. The third-order valence-electron chi connectivity index (χ3n) is 4.70. The van der Waals surface area contributed by atoms with Crippen molar-refractivity contribution in [2.75, 3.05) is 5.32 Å². The van der Waals surface area contributed by atoms with Crippen LogP contribution in [-0.4, -0.2) is 21.3 Å². The summed E-state index contributed by atoms with van der Waals surface area (Å²) in [5, 5.41) is 4.89. The highest BCUT2D eigenvalue weighted by Gasteiger charge is 2.34. The number of thiocarbonyl (C=S) groups is 1. The van der Waals surface area contributed by atoms with Crippen molar-refractivity contribution >= 4 is 86.8 Å². The number of benzene rings is 3. The lowest BCUT2D eigenvalue weighted by atomic mass is 10.2. The van der Waals surface area contributed by atoms with E-state index in [1.165, 1.54) is 6.07 Å². The van der Waals surface area contributed by atoms with Crippen LogP contribution >= 0.6 is 58.8 Å². The molecule has 0 saturated carbocycles. The Kier molecular flexibility index (Phi) is 8.20. The summed E-state index contributed by atoms with van der Waals surface area (Å²) in [6.07, 6.45) is 1.68. The lowest BCUT2D eigenvalue weighted by Gasteiger charge is -2.16. The quantitative estimate of drug-likeness (QED) is 0.245. The number of halogens is 3. The van der Waals surface area contributed by atoms with Gasteiger partial charge in [0.2, 0.25) is 0 Å². The molecule has 2 N–H and O–H groups in total. The Morgan fingerprint density at radius 1 is 1.03 bits per heavy atom. The Morgan fingerprint density at radius 2 is 1.77 bits per heavy atom. The number of carbonyl (C=O) groups is 2. The zero-order valence-corrected chi connectivity index (χ0v) is 21.7. The number of rotatable bonds is 6. The van der Waals surface area contributed by atoms with Gasteiger partial charge in [0, 0.05) is 16.3 Å². The van der Waals surface area contributed by atoms with E-state index in [1.54, 1.807) is 30.3 Å². The summed E-state index contributed by atoms with van der Waals surface area (Å²) in [6.45, 7) is 0.333. The number of hydrazine groups is 1. The summed E-state index contributed by atoms with van der Waals surface area (Å²) >= 11 is 24.2. The fraction of sp³-hybridized carbons (Fsp3) is 0.0417. The SMILES string of the molecule is O=C(Nc1ccc(Cl)c(Cl)c1)NN1C(=O)/C(=C\c2ccccc2OCc2ccc(Cl)cc2)SC1=S. The van der Waals surface area contributed by atoms with Gasteiger partial charge in [-0.3, -0.25) is 4.79 Å². The molecular weight excluding hydrogens is 549 g/mol. The second-order valence-electron chi connectivity index (χ2n) is 7.16. The van der Waals surface area contributed by atoms with Crippen molar-refractivity contribution in [3.05, 3.63) is 97.8 Å². The molecule has 0 radical (unpaired) electrons. The van der Waals surface area contributed by atoms with Crippen LogP contribution in [0.25, 0.3) is 6.08 Å². The predicted octanol–water partition coefficient (Wildman–Crippen LogP) is 7.16. The highest BCUT2D eigenvalue weighted by atomic mass is 35.5. The second-order valence-corrected chi connectivity index (χ2v) is 10.1. The van der Waals surface area contributed by atoms with E-state index >= 15 is 0 Å². The molecule has 1 aliphatic heterocycles. The highest BCUT2D eigenvalue weighted by molar-refractivity contribution is 8.26. The fourth-order valence-electron chi connectivity index (χ4n) is 3.01. The minimum atomic E-state index is -0.660. The van der Waals surface area contributed by atoms with Gasteiger partial charge in [0.25, 0.3) is 5.91 Å². The number of nitrogens with one attached hydrogen (secondary N) is 2. The van der Waals surface area contributed by atoms with E-state index in [0.29, 0.717) is 38.6 Å². The molecule has 0 unspecified atom stereocenters. The number of thioether (sulfide) groups is 1. The van der Waals surface area contributed by atoms with Gasteiger partial charge in [-0.15, -0.1) is 0 Å². The monoisotopic (exact) mass is 563 g/mol. The van der Waals surface area contributed by atoms with Crippen molar-refractivity contribution in [1.82, 2.24) is 10.4 Å². The van der Waals surface area contributed by atoms with Gasteiger partial charge < -0.3 is 10.1 Å². The number of amides is 3. The molecule has 3 aromatic rings. The Labute approximate surface area is 226 Å². The summed E-state index contributed by atoms with van der Waals surface area (Å²) in [7, 11) is 0. The maximum atomic E-state index is 12.9. The Morgan fingerprint density at radius 3 is 2.51 bits per heavy atom. The summed E-state index contributed by atoms with van der Waals surface area (Å²) < 4.78 is 6.14. The van der Waals surface area contributed by atoms with Gasteiger partial charge in [-0.1, -0.05) is 76.9 Å². The van der Waals surface area contributed by atoms with Gasteiger partial charge >= 0.3 is 6.03 Å². The molecule has 35 heavy (non-hydrogen) atoms. The molecule has 11 heteroatoms. The number of hydrogen-bond donors (Lipinski definition) is 2. The molecule has 4 rings (SSSR count). The molecule has 1 fully saturated rings. The average Bonchev–Trinajstić information content (AvgIpc) is 3.09. The summed E-state index contributed by atoms with van der Waals surface area (Å²) in [5.74, 6) is 0.134. The molecule has 1 heterocycles. The number of hydrogen-bond acceptors (Lipinski definition) is 5. The lowest BCUT2D eigenvalue weighted by Crippen LogP contribution is -2.46. The van der Waals surface area contributed by atoms with Crippen LogP contribution in [-0.2, 0) is 11.4 Å². The first-order chi connectivity index (χ1) is 16.8. The first-order valence-corrected chi connectivity index (χ1v) is 12.4. The van der Waals surface area contributed by atoms with Gasteiger partial charge in [0.05, 0.1) is 15.0 Å². The van der Waals surface area contributed by atoms with E-state index in [2.05, 4.69) is 10.7 Å². The van der Waals surface area contributed by atoms with Crippen molar-refractivity contribution in [3.8, 4) is 5.75 Å². The topological polar surface area (TPSA) is 70.7 Å². The zero-order chi connectivity index (χ0) is 24.9. The van der Waals surface area contributed by atoms with Crippen LogP contribution in [0.5, 0.6) is 5.75 Å². The molecule has 0 spiro atoms. The minimum Gasteiger partial charge on any atom is -0.488 e. The Bertz CT molecular complexity index is 1330. The molecule has 6 nitrogen and oxygen atoms in total. The number of carbonyl (C=O) groups excluding carboxylic acids is 2. The van der Waals surface area contributed by atoms with E-state index in [9.17, 15) is 9.59 Å². The largest absolute Gasteiger partial charge is 0.488 e. The summed E-state index contributed by atoms with van der Waals surface area (Å²) in [4.78, 5) is 25.7. The zero-order valence-electron chi connectivity index (χ0n) is 17.8. The number of anilines is 1. The minimum absolute atomic E-state index is 0.185. The molecule has 0 bridgehead atoms. The first-order valence-electron chi connectivity index (χ1n) is 10.1. The Balaban J connectivity index is 1.44. The predicted molar refractivity (Wildman–Crippen MR) is 146 cm³/mol.